The highest BCUT2D eigenvalue weighted by Gasteiger charge is 2.15. The van der Waals surface area contributed by atoms with Crippen LogP contribution in [0.1, 0.15) is 50.8 Å². The van der Waals surface area contributed by atoms with E-state index < -0.39 is 0 Å². The maximum atomic E-state index is 6.48. The molecule has 0 atom stereocenters. The average molecular weight is 409 g/mol. The van der Waals surface area contributed by atoms with Crippen LogP contribution in [0.2, 0.25) is 5.02 Å². The lowest BCUT2D eigenvalue weighted by Crippen LogP contribution is -2.24. The highest BCUT2D eigenvalue weighted by Crippen LogP contribution is 2.23. The summed E-state index contributed by atoms with van der Waals surface area (Å²) in [5.41, 5.74) is 3.61. The summed E-state index contributed by atoms with van der Waals surface area (Å²) < 4.78 is 1.91. The van der Waals surface area contributed by atoms with E-state index in [1.54, 1.807) is 12.5 Å². The van der Waals surface area contributed by atoms with Gasteiger partial charge in [-0.15, -0.1) is 0 Å². The normalized spacial score (nSPS) is 12.2. The average Bonchev–Trinajstić information content (AvgIpc) is 3.21. The summed E-state index contributed by atoms with van der Waals surface area (Å²) in [6.45, 7) is 10.5. The first-order chi connectivity index (χ1) is 13.9. The Hall–Kier alpha value is -2.59. The number of rotatable bonds is 6. The lowest BCUT2D eigenvalue weighted by Gasteiger charge is -2.23. The third-order valence-electron chi connectivity index (χ3n) is 4.77. The van der Waals surface area contributed by atoms with E-state index in [-0.39, 0.29) is 5.41 Å². The smallest absolute Gasteiger partial charge is 0.166 e. The molecule has 1 heterocycles. The largest absolute Gasteiger partial charge is 0.291 e. The number of hydrazone groups is 1. The van der Waals surface area contributed by atoms with E-state index in [1.165, 1.54) is 11.1 Å². The van der Waals surface area contributed by atoms with Crippen molar-refractivity contribution in [1.82, 2.24) is 14.6 Å². The van der Waals surface area contributed by atoms with Gasteiger partial charge in [-0.1, -0.05) is 75.7 Å². The molecule has 2 aromatic carbocycles. The number of nitrogens with zero attached hydrogens (tertiary/aromatic N) is 4. The number of hydrogen-bond donors (Lipinski definition) is 0. The maximum Gasteiger partial charge on any atom is 0.166 e. The zero-order valence-electron chi connectivity index (χ0n) is 17.6. The number of halogens is 1. The van der Waals surface area contributed by atoms with Gasteiger partial charge < -0.3 is 0 Å². The molecule has 0 aliphatic rings. The highest BCUT2D eigenvalue weighted by atomic mass is 35.5. The van der Waals surface area contributed by atoms with E-state index in [2.05, 4.69) is 62.0 Å². The predicted molar refractivity (Wildman–Crippen MR) is 121 cm³/mol. The summed E-state index contributed by atoms with van der Waals surface area (Å²) in [6, 6.07) is 16.6. The summed E-state index contributed by atoms with van der Waals surface area (Å²) in [6.07, 6.45) is 6.40. The Morgan fingerprint density at radius 2 is 1.83 bits per heavy atom. The van der Waals surface area contributed by atoms with E-state index >= 15 is 0 Å². The molecule has 0 saturated carbocycles. The molecule has 0 amide bonds. The van der Waals surface area contributed by atoms with Crippen LogP contribution >= 0.6 is 11.6 Å². The molecule has 0 spiro atoms. The fraction of sp³-hybridized carbons (Fsp3) is 0.333. The molecule has 0 radical (unpaired) electrons. The van der Waals surface area contributed by atoms with Gasteiger partial charge in [-0.05, 0) is 35.1 Å². The molecule has 3 rings (SSSR count). The second-order valence-corrected chi connectivity index (χ2v) is 8.62. The second-order valence-electron chi connectivity index (χ2n) is 8.21. The highest BCUT2D eigenvalue weighted by molar-refractivity contribution is 6.34. The molecular weight excluding hydrogens is 380 g/mol. The molecule has 1 aromatic heterocycles. The summed E-state index contributed by atoms with van der Waals surface area (Å²) in [7, 11) is 0. The van der Waals surface area contributed by atoms with Crippen molar-refractivity contribution >= 4 is 17.4 Å². The topological polar surface area (TPSA) is 33.4 Å². The van der Waals surface area contributed by atoms with Crippen LogP contribution in [-0.4, -0.2) is 26.9 Å². The van der Waals surface area contributed by atoms with Gasteiger partial charge in [0.15, 0.2) is 5.84 Å². The molecule has 0 bridgehead atoms. The fourth-order valence-corrected chi connectivity index (χ4v) is 3.37. The van der Waals surface area contributed by atoms with Crippen molar-refractivity contribution in [3.63, 3.8) is 0 Å². The Bertz CT molecular complexity index is 938. The molecule has 3 aromatic rings. The van der Waals surface area contributed by atoms with Crippen molar-refractivity contribution in [3.05, 3.63) is 89.0 Å². The van der Waals surface area contributed by atoms with Gasteiger partial charge in [0.2, 0.25) is 0 Å². The van der Waals surface area contributed by atoms with Crippen molar-refractivity contribution in [3.8, 4) is 0 Å². The predicted octanol–water partition coefficient (Wildman–Crippen LogP) is 5.96. The lowest BCUT2D eigenvalue weighted by atomic mass is 9.87. The summed E-state index contributed by atoms with van der Waals surface area (Å²) >= 11 is 6.48. The number of aromatic nitrogens is 2. The fourth-order valence-electron chi connectivity index (χ4n) is 3.15. The Morgan fingerprint density at radius 3 is 2.41 bits per heavy atom. The molecule has 0 N–H and O–H groups in total. The molecule has 0 fully saturated rings. The number of hydrogen-bond acceptors (Lipinski definition) is 3. The van der Waals surface area contributed by atoms with Crippen molar-refractivity contribution < 1.29 is 0 Å². The minimum absolute atomic E-state index is 0.151. The Labute approximate surface area is 178 Å². The Kier molecular flexibility index (Phi) is 6.75. The SMILES string of the molecule is CCCN(Cc1ccc(C(C)(C)C)cc1)/N=C(\c1ccccc1Cl)n1ccnc1. The van der Waals surface area contributed by atoms with Gasteiger partial charge in [0.25, 0.3) is 0 Å². The number of benzene rings is 2. The Morgan fingerprint density at radius 1 is 1.10 bits per heavy atom. The second kappa shape index (κ2) is 9.27. The van der Waals surface area contributed by atoms with Crippen LogP contribution in [-0.2, 0) is 12.0 Å². The van der Waals surface area contributed by atoms with Gasteiger partial charge in [-0.25, -0.2) is 4.98 Å². The van der Waals surface area contributed by atoms with Gasteiger partial charge in [0.1, 0.15) is 6.33 Å². The molecular formula is C24H29ClN4. The van der Waals surface area contributed by atoms with Crippen LogP contribution in [0.5, 0.6) is 0 Å². The van der Waals surface area contributed by atoms with Crippen LogP contribution in [0, 0.1) is 0 Å². The molecule has 0 aliphatic heterocycles. The lowest BCUT2D eigenvalue weighted by molar-refractivity contribution is 0.279. The molecule has 152 valence electrons. The summed E-state index contributed by atoms with van der Waals surface area (Å²) in [5.74, 6) is 0.771. The van der Waals surface area contributed by atoms with Crippen LogP contribution in [0.25, 0.3) is 0 Å². The minimum Gasteiger partial charge on any atom is -0.291 e. The van der Waals surface area contributed by atoms with Crippen molar-refractivity contribution in [2.24, 2.45) is 5.10 Å². The Balaban J connectivity index is 1.93. The first-order valence-corrected chi connectivity index (χ1v) is 10.4. The quantitative estimate of drug-likeness (QED) is 0.286. The van der Waals surface area contributed by atoms with Crippen molar-refractivity contribution in [2.75, 3.05) is 6.54 Å². The molecule has 4 nitrogen and oxygen atoms in total. The third-order valence-corrected chi connectivity index (χ3v) is 5.10. The van der Waals surface area contributed by atoms with E-state index in [1.807, 2.05) is 35.0 Å². The van der Waals surface area contributed by atoms with Crippen molar-refractivity contribution in [1.29, 1.82) is 0 Å². The van der Waals surface area contributed by atoms with E-state index in [4.69, 9.17) is 16.7 Å². The van der Waals surface area contributed by atoms with E-state index in [0.29, 0.717) is 5.02 Å². The molecule has 29 heavy (non-hydrogen) atoms. The van der Waals surface area contributed by atoms with E-state index in [0.717, 1.165) is 30.9 Å². The summed E-state index contributed by atoms with van der Waals surface area (Å²) in [4.78, 5) is 4.19. The van der Waals surface area contributed by atoms with Gasteiger partial charge >= 0.3 is 0 Å². The van der Waals surface area contributed by atoms with Crippen LogP contribution < -0.4 is 0 Å². The van der Waals surface area contributed by atoms with Gasteiger partial charge in [-0.3, -0.25) is 9.58 Å². The summed E-state index contributed by atoms with van der Waals surface area (Å²) in [5, 5.41) is 7.77. The molecule has 0 unspecified atom stereocenters. The van der Waals surface area contributed by atoms with Gasteiger partial charge in [0.05, 0.1) is 11.6 Å². The van der Waals surface area contributed by atoms with Gasteiger partial charge in [0, 0.05) is 24.5 Å². The van der Waals surface area contributed by atoms with Crippen molar-refractivity contribution in [2.45, 2.75) is 46.1 Å². The molecule has 0 saturated heterocycles. The van der Waals surface area contributed by atoms with Gasteiger partial charge in [-0.2, -0.15) is 5.10 Å². The number of imidazole rings is 1. The standard InChI is InChI=1S/C24H29ClN4/c1-5-15-29(17-19-10-12-20(13-11-19)24(2,3)4)27-23(28-16-14-26-18-28)21-8-6-7-9-22(21)25/h6-14,16,18H,5,15,17H2,1-4H3/b27-23+. The molecule has 0 aliphatic carbocycles. The maximum absolute atomic E-state index is 6.48. The van der Waals surface area contributed by atoms with Crippen LogP contribution in [0.15, 0.2) is 72.4 Å². The molecule has 5 heteroatoms. The first kappa shape index (κ1) is 21.1. The zero-order valence-corrected chi connectivity index (χ0v) is 18.4. The zero-order chi connectivity index (χ0) is 20.9. The first-order valence-electron chi connectivity index (χ1n) is 10.0. The van der Waals surface area contributed by atoms with E-state index in [9.17, 15) is 0 Å². The monoisotopic (exact) mass is 408 g/mol. The van der Waals surface area contributed by atoms with Crippen LogP contribution in [0.4, 0.5) is 0 Å². The minimum atomic E-state index is 0.151. The third kappa shape index (κ3) is 5.48. The van der Waals surface area contributed by atoms with Crippen LogP contribution in [0.3, 0.4) is 0 Å².